The van der Waals surface area contributed by atoms with E-state index in [1.54, 1.807) is 0 Å². The summed E-state index contributed by atoms with van der Waals surface area (Å²) in [5.74, 6) is -0.0359. The van der Waals surface area contributed by atoms with Crippen LogP contribution >= 0.6 is 23.5 Å². The van der Waals surface area contributed by atoms with Crippen LogP contribution in [0.4, 0.5) is 26.3 Å². The molecule has 0 aliphatic heterocycles. The van der Waals surface area contributed by atoms with Gasteiger partial charge in [-0.05, 0) is 12.8 Å². The van der Waals surface area contributed by atoms with E-state index in [9.17, 15) is 26.3 Å². The van der Waals surface area contributed by atoms with E-state index in [1.807, 2.05) is 0 Å². The lowest BCUT2D eigenvalue weighted by atomic mass is 10.2. The maximum atomic E-state index is 11.7. The fourth-order valence-corrected chi connectivity index (χ4v) is 2.09. The first-order valence-corrected chi connectivity index (χ1v) is 6.59. The van der Waals surface area contributed by atoms with Crippen LogP contribution in [0.2, 0.25) is 0 Å². The summed E-state index contributed by atoms with van der Waals surface area (Å²) in [4.78, 5) is 0. The zero-order chi connectivity index (χ0) is 12.7. The van der Waals surface area contributed by atoms with Crippen LogP contribution in [0.3, 0.4) is 0 Å². The summed E-state index contributed by atoms with van der Waals surface area (Å²) >= 11 is -0.167. The summed E-state index contributed by atoms with van der Waals surface area (Å²) in [7, 11) is 0. The van der Waals surface area contributed by atoms with Crippen molar-refractivity contribution in [3.05, 3.63) is 0 Å². The molecule has 0 bridgehead atoms. The highest BCUT2D eigenvalue weighted by atomic mass is 32.2. The van der Waals surface area contributed by atoms with Crippen LogP contribution < -0.4 is 0 Å². The average molecular weight is 286 g/mol. The molecule has 0 radical (unpaired) electrons. The lowest BCUT2D eigenvalue weighted by molar-refractivity contribution is -0.0337. The van der Waals surface area contributed by atoms with E-state index < -0.39 is 11.0 Å². The van der Waals surface area contributed by atoms with Crippen LogP contribution in [0.15, 0.2) is 0 Å². The Balaban J connectivity index is 3.17. The van der Waals surface area contributed by atoms with E-state index in [-0.39, 0.29) is 35.0 Å². The quantitative estimate of drug-likeness (QED) is 0.474. The fraction of sp³-hybridized carbons (Fsp3) is 1.00. The summed E-state index contributed by atoms with van der Waals surface area (Å²) in [6, 6.07) is 0. The first kappa shape index (κ1) is 16.3. The van der Waals surface area contributed by atoms with Crippen LogP contribution in [0.5, 0.6) is 0 Å². The number of alkyl halides is 6. The molecular formula is C8H12F6S2. The molecule has 16 heavy (non-hydrogen) atoms. The van der Waals surface area contributed by atoms with Gasteiger partial charge in [0.25, 0.3) is 0 Å². The lowest BCUT2D eigenvalue weighted by Gasteiger charge is -2.06. The number of rotatable bonds is 7. The van der Waals surface area contributed by atoms with Crippen molar-refractivity contribution >= 4 is 23.5 Å². The molecular weight excluding hydrogens is 274 g/mol. The van der Waals surface area contributed by atoms with Gasteiger partial charge >= 0.3 is 11.0 Å². The molecule has 0 unspecified atom stereocenters. The maximum absolute atomic E-state index is 11.7. The molecule has 98 valence electrons. The third-order valence-electron chi connectivity index (χ3n) is 1.57. The number of hydrogen-bond donors (Lipinski definition) is 0. The van der Waals surface area contributed by atoms with Crippen LogP contribution in [0, 0.1) is 0 Å². The van der Waals surface area contributed by atoms with Gasteiger partial charge in [0.1, 0.15) is 0 Å². The Morgan fingerprint density at radius 1 is 0.562 bits per heavy atom. The van der Waals surface area contributed by atoms with E-state index in [1.165, 1.54) is 0 Å². The number of hydrogen-bond acceptors (Lipinski definition) is 2. The molecule has 0 atom stereocenters. The van der Waals surface area contributed by atoms with Crippen molar-refractivity contribution in [1.82, 2.24) is 0 Å². The van der Waals surface area contributed by atoms with Crippen LogP contribution in [0.1, 0.15) is 25.7 Å². The second-order valence-corrected chi connectivity index (χ2v) is 5.32. The lowest BCUT2D eigenvalue weighted by Crippen LogP contribution is -2.02. The SMILES string of the molecule is FC(F)(F)SCCCCCCSC(F)(F)F. The first-order valence-electron chi connectivity index (χ1n) is 4.62. The predicted octanol–water partition coefficient (Wildman–Crippen LogP) is 5.05. The van der Waals surface area contributed by atoms with Gasteiger partial charge in [0.2, 0.25) is 0 Å². The van der Waals surface area contributed by atoms with Gasteiger partial charge in [0, 0.05) is 11.5 Å². The molecule has 0 heterocycles. The minimum atomic E-state index is -4.20. The molecule has 0 saturated heterocycles. The van der Waals surface area contributed by atoms with Crippen LogP contribution in [-0.4, -0.2) is 22.5 Å². The maximum Gasteiger partial charge on any atom is 0.441 e. The third kappa shape index (κ3) is 14.3. The number of halogens is 6. The van der Waals surface area contributed by atoms with Gasteiger partial charge in [-0.15, -0.1) is 0 Å². The van der Waals surface area contributed by atoms with Gasteiger partial charge < -0.3 is 0 Å². The highest BCUT2D eigenvalue weighted by Crippen LogP contribution is 2.32. The van der Waals surface area contributed by atoms with Crippen LogP contribution in [0.25, 0.3) is 0 Å². The summed E-state index contributed by atoms with van der Waals surface area (Å²) < 4.78 is 69.9. The Morgan fingerprint density at radius 3 is 1.12 bits per heavy atom. The standard InChI is InChI=1S/C8H12F6S2/c9-7(10,11)15-5-3-1-2-4-6-16-8(12,13)14/h1-6H2. The average Bonchev–Trinajstić information content (AvgIpc) is 2.06. The van der Waals surface area contributed by atoms with Crippen molar-refractivity contribution in [1.29, 1.82) is 0 Å². The molecule has 0 fully saturated rings. The van der Waals surface area contributed by atoms with Gasteiger partial charge in [0.15, 0.2) is 0 Å². The van der Waals surface area contributed by atoms with E-state index in [0.29, 0.717) is 25.7 Å². The molecule has 0 aromatic rings. The second-order valence-electron chi connectivity index (χ2n) is 3.00. The smallest absolute Gasteiger partial charge is 0.160 e. The third-order valence-corrected chi connectivity index (χ3v) is 3.21. The molecule has 0 N–H and O–H groups in total. The summed E-state index contributed by atoms with van der Waals surface area (Å²) in [6.07, 6.45) is 1.87. The minimum absolute atomic E-state index is 0.0179. The largest absolute Gasteiger partial charge is 0.441 e. The van der Waals surface area contributed by atoms with Crippen LogP contribution in [-0.2, 0) is 0 Å². The Hall–Kier alpha value is 0.280. The summed E-state index contributed by atoms with van der Waals surface area (Å²) in [5, 5.41) is 0. The molecule has 0 aliphatic rings. The zero-order valence-corrected chi connectivity index (χ0v) is 9.96. The highest BCUT2D eigenvalue weighted by molar-refractivity contribution is 8.00. The Labute approximate surface area is 98.5 Å². The van der Waals surface area contributed by atoms with Crippen molar-refractivity contribution in [3.63, 3.8) is 0 Å². The first-order chi connectivity index (χ1) is 7.21. The van der Waals surface area contributed by atoms with Gasteiger partial charge in [0.05, 0.1) is 0 Å². The minimum Gasteiger partial charge on any atom is -0.160 e. The molecule has 0 aliphatic carbocycles. The van der Waals surface area contributed by atoms with E-state index in [4.69, 9.17) is 0 Å². The van der Waals surface area contributed by atoms with Crippen molar-refractivity contribution in [3.8, 4) is 0 Å². The van der Waals surface area contributed by atoms with E-state index in [0.717, 1.165) is 0 Å². The Kier molecular flexibility index (Phi) is 7.71. The van der Waals surface area contributed by atoms with E-state index in [2.05, 4.69) is 0 Å². The van der Waals surface area contributed by atoms with Crippen molar-refractivity contribution in [2.45, 2.75) is 36.7 Å². The number of unbranched alkanes of at least 4 members (excludes halogenated alkanes) is 3. The molecule has 0 spiro atoms. The number of thioether (sulfide) groups is 2. The fourth-order valence-electron chi connectivity index (χ4n) is 0.933. The van der Waals surface area contributed by atoms with E-state index >= 15 is 0 Å². The molecule has 0 aromatic heterocycles. The van der Waals surface area contributed by atoms with Crippen molar-refractivity contribution < 1.29 is 26.3 Å². The predicted molar refractivity (Wildman–Crippen MR) is 55.5 cm³/mol. The molecule has 0 rings (SSSR count). The van der Waals surface area contributed by atoms with Gasteiger partial charge in [-0.1, -0.05) is 36.4 Å². The normalized spacial score (nSPS) is 13.1. The molecule has 0 aromatic carbocycles. The second kappa shape index (κ2) is 7.58. The molecule has 0 nitrogen and oxygen atoms in total. The zero-order valence-electron chi connectivity index (χ0n) is 8.33. The van der Waals surface area contributed by atoms with Crippen molar-refractivity contribution in [2.75, 3.05) is 11.5 Å². The molecule has 0 saturated carbocycles. The monoisotopic (exact) mass is 286 g/mol. The Morgan fingerprint density at radius 2 is 0.875 bits per heavy atom. The summed E-state index contributed by atoms with van der Waals surface area (Å²) in [5.41, 5.74) is -8.40. The van der Waals surface area contributed by atoms with Gasteiger partial charge in [-0.25, -0.2) is 0 Å². The topological polar surface area (TPSA) is 0 Å². The Bertz CT molecular complexity index is 156. The highest BCUT2D eigenvalue weighted by Gasteiger charge is 2.28. The molecule has 0 amide bonds. The van der Waals surface area contributed by atoms with Crippen molar-refractivity contribution in [2.24, 2.45) is 0 Å². The molecule has 8 heteroatoms. The van der Waals surface area contributed by atoms with Gasteiger partial charge in [-0.3, -0.25) is 0 Å². The van der Waals surface area contributed by atoms with Gasteiger partial charge in [-0.2, -0.15) is 26.3 Å². The summed E-state index contributed by atoms with van der Waals surface area (Å²) in [6.45, 7) is 0.